The van der Waals surface area contributed by atoms with Crippen molar-refractivity contribution in [1.82, 2.24) is 9.88 Å². The Kier molecular flexibility index (Phi) is 4.72. The van der Waals surface area contributed by atoms with E-state index in [2.05, 4.69) is 11.1 Å². The molecule has 0 aliphatic heterocycles. The zero-order chi connectivity index (χ0) is 13.7. The van der Waals surface area contributed by atoms with Crippen molar-refractivity contribution < 1.29 is 4.79 Å². The number of pyridine rings is 1. The second-order valence-electron chi connectivity index (χ2n) is 5.39. The van der Waals surface area contributed by atoms with E-state index < -0.39 is 0 Å². The second-order valence-corrected chi connectivity index (χ2v) is 5.39. The van der Waals surface area contributed by atoms with Gasteiger partial charge < -0.3 is 4.90 Å². The Hall–Kier alpha value is -1.64. The number of aromatic nitrogens is 1. The third-order valence-corrected chi connectivity index (χ3v) is 3.65. The minimum atomic E-state index is 0.0106. The average molecular weight is 258 g/mol. The summed E-state index contributed by atoms with van der Waals surface area (Å²) in [5.74, 6) is 0.662. The molecule has 1 aromatic rings. The Bertz CT molecular complexity index is 460. The fourth-order valence-electron chi connectivity index (χ4n) is 2.53. The van der Waals surface area contributed by atoms with Crippen LogP contribution in [0.15, 0.2) is 24.4 Å². The number of rotatable bonds is 3. The van der Waals surface area contributed by atoms with E-state index in [4.69, 9.17) is 0 Å². The molecule has 3 heteroatoms. The summed E-state index contributed by atoms with van der Waals surface area (Å²) in [5, 5.41) is 0. The van der Waals surface area contributed by atoms with Crippen LogP contribution in [0.3, 0.4) is 0 Å². The summed E-state index contributed by atoms with van der Waals surface area (Å²) in [7, 11) is 3.54. The monoisotopic (exact) mass is 258 g/mol. The molecule has 3 nitrogen and oxygen atoms in total. The number of nitrogens with zero attached hydrogens (tertiary/aromatic N) is 2. The summed E-state index contributed by atoms with van der Waals surface area (Å²) in [5.41, 5.74) is 1.46. The highest BCUT2D eigenvalue weighted by Gasteiger charge is 2.13. The van der Waals surface area contributed by atoms with E-state index in [9.17, 15) is 4.79 Å². The summed E-state index contributed by atoms with van der Waals surface area (Å²) >= 11 is 0. The zero-order valence-corrected chi connectivity index (χ0v) is 11.8. The molecule has 0 unspecified atom stereocenters. The SMILES string of the molecule is CN(C)C(=O)c1cccnc1C=CC1CCCCC1. The summed E-state index contributed by atoms with van der Waals surface area (Å²) < 4.78 is 0. The first-order valence-corrected chi connectivity index (χ1v) is 7.03. The Labute approximate surface area is 115 Å². The zero-order valence-electron chi connectivity index (χ0n) is 11.8. The van der Waals surface area contributed by atoms with Gasteiger partial charge in [0, 0.05) is 20.3 Å². The van der Waals surface area contributed by atoms with Gasteiger partial charge in [0.05, 0.1) is 11.3 Å². The molecule has 19 heavy (non-hydrogen) atoms. The van der Waals surface area contributed by atoms with E-state index in [1.807, 2.05) is 18.2 Å². The Morgan fingerprint density at radius 3 is 2.74 bits per heavy atom. The molecule has 0 spiro atoms. The van der Waals surface area contributed by atoms with Crippen LogP contribution in [-0.4, -0.2) is 29.9 Å². The van der Waals surface area contributed by atoms with E-state index in [1.165, 1.54) is 32.1 Å². The minimum absolute atomic E-state index is 0.0106. The molecule has 0 atom stereocenters. The number of allylic oxidation sites excluding steroid dienone is 1. The lowest BCUT2D eigenvalue weighted by Crippen LogP contribution is -2.22. The predicted octanol–water partition coefficient (Wildman–Crippen LogP) is 3.38. The van der Waals surface area contributed by atoms with Crippen LogP contribution < -0.4 is 0 Å². The molecular weight excluding hydrogens is 236 g/mol. The van der Waals surface area contributed by atoms with Crippen LogP contribution in [0.5, 0.6) is 0 Å². The van der Waals surface area contributed by atoms with Crippen LogP contribution in [0.4, 0.5) is 0 Å². The molecule has 1 amide bonds. The maximum absolute atomic E-state index is 12.1. The fraction of sp³-hybridized carbons (Fsp3) is 0.500. The van der Waals surface area contributed by atoms with Gasteiger partial charge in [0.15, 0.2) is 0 Å². The quantitative estimate of drug-likeness (QED) is 0.832. The van der Waals surface area contributed by atoms with Gasteiger partial charge in [0.1, 0.15) is 0 Å². The summed E-state index contributed by atoms with van der Waals surface area (Å²) in [6, 6.07) is 3.66. The highest BCUT2D eigenvalue weighted by molar-refractivity contribution is 5.96. The van der Waals surface area contributed by atoms with Gasteiger partial charge in [0.2, 0.25) is 0 Å². The maximum Gasteiger partial charge on any atom is 0.255 e. The van der Waals surface area contributed by atoms with Gasteiger partial charge in [-0.25, -0.2) is 0 Å². The molecule has 1 fully saturated rings. The first-order valence-electron chi connectivity index (χ1n) is 7.03. The van der Waals surface area contributed by atoms with Crippen LogP contribution in [0, 0.1) is 5.92 Å². The molecule has 0 saturated heterocycles. The lowest BCUT2D eigenvalue weighted by Gasteiger charge is -2.18. The van der Waals surface area contributed by atoms with Gasteiger partial charge in [-0.2, -0.15) is 0 Å². The van der Waals surface area contributed by atoms with Crippen molar-refractivity contribution in [3.8, 4) is 0 Å². The van der Waals surface area contributed by atoms with Crippen molar-refractivity contribution in [1.29, 1.82) is 0 Å². The Balaban J connectivity index is 2.15. The summed E-state index contributed by atoms with van der Waals surface area (Å²) in [6.45, 7) is 0. The molecule has 0 bridgehead atoms. The Morgan fingerprint density at radius 2 is 2.05 bits per heavy atom. The lowest BCUT2D eigenvalue weighted by atomic mass is 9.89. The molecule has 1 heterocycles. The van der Waals surface area contributed by atoms with Gasteiger partial charge >= 0.3 is 0 Å². The standard InChI is InChI=1S/C16H22N2O/c1-18(2)16(19)14-9-6-12-17-15(14)11-10-13-7-4-3-5-8-13/h6,9-13H,3-5,7-8H2,1-2H3. The largest absolute Gasteiger partial charge is 0.345 e. The predicted molar refractivity (Wildman–Crippen MR) is 77.9 cm³/mol. The number of hydrogen-bond acceptors (Lipinski definition) is 2. The van der Waals surface area contributed by atoms with Crippen molar-refractivity contribution >= 4 is 12.0 Å². The first kappa shape index (κ1) is 13.8. The molecule has 1 saturated carbocycles. The molecule has 1 aliphatic carbocycles. The van der Waals surface area contributed by atoms with Gasteiger partial charge in [-0.15, -0.1) is 0 Å². The molecule has 0 N–H and O–H groups in total. The molecular formula is C16H22N2O. The van der Waals surface area contributed by atoms with Crippen LogP contribution in [-0.2, 0) is 0 Å². The molecule has 2 rings (SSSR count). The number of amides is 1. The summed E-state index contributed by atoms with van der Waals surface area (Å²) in [4.78, 5) is 18.0. The topological polar surface area (TPSA) is 33.2 Å². The smallest absolute Gasteiger partial charge is 0.255 e. The molecule has 1 aromatic heterocycles. The maximum atomic E-state index is 12.1. The van der Waals surface area contributed by atoms with Crippen LogP contribution in [0.1, 0.15) is 48.2 Å². The van der Waals surface area contributed by atoms with Crippen molar-refractivity contribution in [3.05, 3.63) is 35.7 Å². The highest BCUT2D eigenvalue weighted by atomic mass is 16.2. The molecule has 0 aromatic carbocycles. The number of carbonyl (C=O) groups excluding carboxylic acids is 1. The van der Waals surface area contributed by atoms with Crippen LogP contribution in [0.25, 0.3) is 6.08 Å². The third-order valence-electron chi connectivity index (χ3n) is 3.65. The lowest BCUT2D eigenvalue weighted by molar-refractivity contribution is 0.0827. The van der Waals surface area contributed by atoms with Crippen molar-refractivity contribution in [2.75, 3.05) is 14.1 Å². The number of carbonyl (C=O) groups is 1. The van der Waals surface area contributed by atoms with E-state index in [0.29, 0.717) is 11.5 Å². The summed E-state index contributed by atoms with van der Waals surface area (Å²) in [6.07, 6.45) is 12.5. The second kappa shape index (κ2) is 6.50. The van der Waals surface area contributed by atoms with Crippen LogP contribution in [0.2, 0.25) is 0 Å². The van der Waals surface area contributed by atoms with E-state index >= 15 is 0 Å². The van der Waals surface area contributed by atoms with E-state index in [-0.39, 0.29) is 5.91 Å². The van der Waals surface area contributed by atoms with Crippen molar-refractivity contribution in [2.24, 2.45) is 5.92 Å². The normalized spacial score (nSPS) is 16.7. The van der Waals surface area contributed by atoms with E-state index in [0.717, 1.165) is 5.69 Å². The van der Waals surface area contributed by atoms with Gasteiger partial charge in [-0.05, 0) is 37.0 Å². The minimum Gasteiger partial charge on any atom is -0.345 e. The average Bonchev–Trinajstić information content (AvgIpc) is 2.45. The van der Waals surface area contributed by atoms with Gasteiger partial charge in [-0.3, -0.25) is 9.78 Å². The van der Waals surface area contributed by atoms with Gasteiger partial charge in [-0.1, -0.05) is 25.3 Å². The number of hydrogen-bond donors (Lipinski definition) is 0. The van der Waals surface area contributed by atoms with Crippen molar-refractivity contribution in [2.45, 2.75) is 32.1 Å². The fourth-order valence-corrected chi connectivity index (χ4v) is 2.53. The molecule has 0 radical (unpaired) electrons. The molecule has 1 aliphatic rings. The highest BCUT2D eigenvalue weighted by Crippen LogP contribution is 2.25. The Morgan fingerprint density at radius 1 is 1.32 bits per heavy atom. The first-order chi connectivity index (χ1) is 9.18. The third kappa shape index (κ3) is 3.66. The van der Waals surface area contributed by atoms with Gasteiger partial charge in [0.25, 0.3) is 5.91 Å². The van der Waals surface area contributed by atoms with Crippen LogP contribution >= 0.6 is 0 Å². The van der Waals surface area contributed by atoms with E-state index in [1.54, 1.807) is 25.2 Å². The molecule has 102 valence electrons. The van der Waals surface area contributed by atoms with Crippen molar-refractivity contribution in [3.63, 3.8) is 0 Å².